The second-order valence-electron chi connectivity index (χ2n) is 12.7. The molecule has 0 amide bonds. The van der Waals surface area contributed by atoms with E-state index in [0.717, 1.165) is 78.1 Å². The van der Waals surface area contributed by atoms with Crippen LogP contribution < -0.4 is 27.1 Å². The Morgan fingerprint density at radius 3 is 1.31 bits per heavy atom. The van der Waals surface area contributed by atoms with E-state index < -0.39 is 0 Å². The summed E-state index contributed by atoms with van der Waals surface area (Å²) in [5.41, 5.74) is 20.2. The molecule has 3 aliphatic rings. The summed E-state index contributed by atoms with van der Waals surface area (Å²) in [4.78, 5) is 7.72. The molecule has 236 valence electrons. The van der Waals surface area contributed by atoms with Gasteiger partial charge in [-0.25, -0.2) is 0 Å². The van der Waals surface area contributed by atoms with Crippen molar-refractivity contribution in [2.24, 2.45) is 0 Å². The second-order valence-corrected chi connectivity index (χ2v) is 12.7. The Bertz CT molecular complexity index is 2420. The zero-order valence-corrected chi connectivity index (χ0v) is 26.8. The monoisotopic (exact) mass is 633 g/mol. The first-order chi connectivity index (χ1) is 24.2. The van der Waals surface area contributed by atoms with Crippen molar-refractivity contribution in [3.8, 4) is 0 Å². The molecular weight excluding hydrogens is 599 g/mol. The molecule has 49 heavy (non-hydrogen) atoms. The molecule has 4 aromatic carbocycles. The van der Waals surface area contributed by atoms with E-state index in [2.05, 4.69) is 172 Å². The number of allylic oxidation sites excluding steroid dienone is 2. The predicted molar refractivity (Wildman–Crippen MR) is 200 cm³/mol. The fraction of sp³-hybridized carbons (Fsp3) is 0.0455. The molecule has 0 saturated heterocycles. The molecule has 2 unspecified atom stereocenters. The van der Waals surface area contributed by atoms with E-state index in [-0.39, 0.29) is 12.1 Å². The van der Waals surface area contributed by atoms with Crippen LogP contribution in [0.1, 0.15) is 33.6 Å². The van der Waals surface area contributed by atoms with Crippen LogP contribution in [0.5, 0.6) is 0 Å². The summed E-state index contributed by atoms with van der Waals surface area (Å²) in [6, 6.07) is 48.8. The lowest BCUT2D eigenvalue weighted by Crippen LogP contribution is -2.31. The minimum atomic E-state index is -0.0813. The molecular formula is C44H35N5. The highest BCUT2D eigenvalue weighted by molar-refractivity contribution is 5.88. The Morgan fingerprint density at radius 2 is 0.837 bits per heavy atom. The van der Waals surface area contributed by atoms with Crippen molar-refractivity contribution >= 4 is 28.0 Å². The van der Waals surface area contributed by atoms with E-state index >= 15 is 0 Å². The van der Waals surface area contributed by atoms with E-state index in [0.29, 0.717) is 0 Å². The van der Waals surface area contributed by atoms with Gasteiger partial charge in [0.2, 0.25) is 0 Å². The Balaban J connectivity index is 1.35. The molecule has 0 radical (unpaired) electrons. The minimum absolute atomic E-state index is 0.0548. The Morgan fingerprint density at radius 1 is 0.408 bits per heavy atom. The molecule has 0 saturated carbocycles. The zero-order valence-electron chi connectivity index (χ0n) is 26.8. The molecule has 3 aliphatic heterocycles. The molecule has 5 nitrogen and oxygen atoms in total. The highest BCUT2D eigenvalue weighted by Gasteiger charge is 2.27. The third kappa shape index (κ3) is 5.22. The van der Waals surface area contributed by atoms with E-state index in [1.54, 1.807) is 0 Å². The topological polar surface area (TPSA) is 81.7 Å². The number of aromatic nitrogens is 2. The molecule has 5 heteroatoms. The summed E-state index contributed by atoms with van der Waals surface area (Å²) >= 11 is 0. The normalized spacial score (nSPS) is 23.3. The number of nitrogens with one attached hydrogen (secondary N) is 4. The summed E-state index contributed by atoms with van der Waals surface area (Å²) in [7, 11) is 0. The first-order valence-corrected chi connectivity index (χ1v) is 16.7. The van der Waals surface area contributed by atoms with Crippen molar-refractivity contribution in [3.05, 3.63) is 220 Å². The van der Waals surface area contributed by atoms with Gasteiger partial charge in [-0.15, -0.1) is 0 Å². The Labute approximate surface area is 285 Å². The number of nitrogens with two attached hydrogens (primary N) is 1. The average molecular weight is 634 g/mol. The van der Waals surface area contributed by atoms with Gasteiger partial charge in [-0.3, -0.25) is 0 Å². The van der Waals surface area contributed by atoms with Crippen LogP contribution in [0.3, 0.4) is 0 Å². The van der Waals surface area contributed by atoms with Gasteiger partial charge in [0.05, 0.1) is 12.1 Å². The number of benzene rings is 4. The lowest BCUT2D eigenvalue weighted by Gasteiger charge is -2.20. The van der Waals surface area contributed by atoms with Gasteiger partial charge in [0, 0.05) is 61.5 Å². The van der Waals surface area contributed by atoms with Gasteiger partial charge in [0.15, 0.2) is 0 Å². The quantitative estimate of drug-likeness (QED) is 0.142. The maximum absolute atomic E-state index is 6.16. The molecule has 2 atom stereocenters. The smallest absolute Gasteiger partial charge is 0.0728 e. The summed E-state index contributed by atoms with van der Waals surface area (Å²) in [6.07, 6.45) is 8.99. The third-order valence-electron chi connectivity index (χ3n) is 9.62. The van der Waals surface area contributed by atoms with Crippen LogP contribution >= 0.6 is 0 Å². The maximum Gasteiger partial charge on any atom is 0.0728 e. The first kappa shape index (κ1) is 28.7. The minimum Gasteiger partial charge on any atom is -0.399 e. The summed E-state index contributed by atoms with van der Waals surface area (Å²) in [6.45, 7) is 0. The van der Waals surface area contributed by atoms with Gasteiger partial charge >= 0.3 is 0 Å². The van der Waals surface area contributed by atoms with Crippen LogP contribution in [0, 0.1) is 0 Å². The number of H-pyrrole nitrogens is 2. The van der Waals surface area contributed by atoms with Crippen LogP contribution in [0.25, 0.3) is 22.3 Å². The van der Waals surface area contributed by atoms with Crippen LogP contribution in [-0.4, -0.2) is 22.1 Å². The van der Waals surface area contributed by atoms with E-state index in [9.17, 15) is 0 Å². The fourth-order valence-corrected chi connectivity index (χ4v) is 7.36. The molecule has 0 spiro atoms. The van der Waals surface area contributed by atoms with Crippen molar-refractivity contribution in [2.45, 2.75) is 12.1 Å². The molecule has 6 aromatic rings. The predicted octanol–water partition coefficient (Wildman–Crippen LogP) is 6.61. The molecule has 6 N–H and O–H groups in total. The lowest BCUT2D eigenvalue weighted by atomic mass is 9.98. The van der Waals surface area contributed by atoms with Crippen molar-refractivity contribution in [3.63, 3.8) is 0 Å². The number of nitrogen functional groups attached to an aromatic ring is 1. The summed E-state index contributed by atoms with van der Waals surface area (Å²) in [5, 5.41) is 9.95. The third-order valence-corrected chi connectivity index (χ3v) is 9.62. The highest BCUT2D eigenvalue weighted by atomic mass is 15.0. The number of aromatic amines is 2. The first-order valence-electron chi connectivity index (χ1n) is 16.7. The maximum atomic E-state index is 6.16. The fourth-order valence-electron chi connectivity index (χ4n) is 7.36. The molecule has 2 aromatic heterocycles. The Hall–Kier alpha value is -6.46. The van der Waals surface area contributed by atoms with Crippen molar-refractivity contribution < 1.29 is 0 Å². The van der Waals surface area contributed by atoms with Crippen LogP contribution in [-0.2, 0) is 0 Å². The summed E-state index contributed by atoms with van der Waals surface area (Å²) in [5.74, 6) is 0. The Kier molecular flexibility index (Phi) is 7.02. The standard InChI is InChI=1S/C44H35N5/c45-32-18-16-31(17-19-32)44-39-26-24-37(48-39)42(29-12-6-2-7-13-29)35-22-20-33(46-35)41(28-10-4-1-5-11-28)34-21-23-36(47-34)43(30-14-8-3-9-15-30)38-25-27-40(44)49-38/h1-27,35,40,46-49H,45H2/b41-33-,42-37-,43-38-,44-39-. The van der Waals surface area contributed by atoms with Crippen molar-refractivity contribution in [1.82, 2.24) is 20.6 Å². The SMILES string of the molecule is Nc1ccc(/C2=c3\cc/c([nH]3)=C(\c3ccccc3)C3C=C/C(=C(\c4ccccc4)c4ccc([nH]4)/C(c4ccccc4)=C4/C=CC2N4)N3)cc1. The lowest BCUT2D eigenvalue weighted by molar-refractivity contribution is 0.849. The van der Waals surface area contributed by atoms with Gasteiger partial charge in [-0.2, -0.15) is 0 Å². The molecule has 8 bridgehead atoms. The van der Waals surface area contributed by atoms with E-state index in [4.69, 9.17) is 5.73 Å². The number of anilines is 1. The number of fused-ring (bicyclic) bond motifs is 8. The molecule has 9 rings (SSSR count). The second kappa shape index (κ2) is 12.0. The van der Waals surface area contributed by atoms with Gasteiger partial charge < -0.3 is 26.3 Å². The van der Waals surface area contributed by atoms with Crippen LogP contribution in [0.2, 0.25) is 0 Å². The number of rotatable bonds is 4. The van der Waals surface area contributed by atoms with Gasteiger partial charge in [-0.05, 0) is 70.8 Å². The zero-order chi connectivity index (χ0) is 32.7. The van der Waals surface area contributed by atoms with E-state index in [1.165, 1.54) is 5.57 Å². The number of hydrogen-bond donors (Lipinski definition) is 5. The van der Waals surface area contributed by atoms with Crippen LogP contribution in [0.4, 0.5) is 5.69 Å². The molecule has 0 fully saturated rings. The molecule has 5 heterocycles. The number of hydrogen-bond acceptors (Lipinski definition) is 3. The van der Waals surface area contributed by atoms with E-state index in [1.807, 2.05) is 12.1 Å². The van der Waals surface area contributed by atoms with Crippen molar-refractivity contribution in [1.29, 1.82) is 0 Å². The van der Waals surface area contributed by atoms with Crippen LogP contribution in [0.15, 0.2) is 175 Å². The largest absolute Gasteiger partial charge is 0.399 e. The van der Waals surface area contributed by atoms with Gasteiger partial charge in [0.25, 0.3) is 0 Å². The van der Waals surface area contributed by atoms with Crippen molar-refractivity contribution in [2.75, 3.05) is 5.73 Å². The average Bonchev–Trinajstić information content (AvgIpc) is 3.98. The highest BCUT2D eigenvalue weighted by Crippen LogP contribution is 2.35. The molecule has 0 aliphatic carbocycles. The van der Waals surface area contributed by atoms with Gasteiger partial charge in [-0.1, -0.05) is 115 Å². The van der Waals surface area contributed by atoms with Gasteiger partial charge in [0.1, 0.15) is 0 Å². The summed E-state index contributed by atoms with van der Waals surface area (Å²) < 4.78 is 0.